The van der Waals surface area contributed by atoms with Crippen LogP contribution in [0.2, 0.25) is 0 Å². The quantitative estimate of drug-likeness (QED) is 0.733. The van der Waals surface area contributed by atoms with E-state index in [9.17, 15) is 5.11 Å². The van der Waals surface area contributed by atoms with Crippen LogP contribution in [0, 0.1) is 11.8 Å². The number of hydrogen-bond donors (Lipinski definition) is 2. The van der Waals surface area contributed by atoms with E-state index < -0.39 is 5.60 Å². The maximum atomic E-state index is 10.8. The van der Waals surface area contributed by atoms with Crippen molar-refractivity contribution in [1.29, 1.82) is 0 Å². The van der Waals surface area contributed by atoms with E-state index in [0.29, 0.717) is 17.2 Å². The van der Waals surface area contributed by atoms with Gasteiger partial charge in [-0.2, -0.15) is 0 Å². The summed E-state index contributed by atoms with van der Waals surface area (Å²) in [7, 11) is 1.94. The molecule has 96 valence electrons. The highest BCUT2D eigenvalue weighted by molar-refractivity contribution is 6.20. The molecule has 2 N–H and O–H groups in total. The van der Waals surface area contributed by atoms with E-state index >= 15 is 0 Å². The molecule has 0 aromatic rings. The molecule has 0 aromatic carbocycles. The van der Waals surface area contributed by atoms with Crippen molar-refractivity contribution in [3.8, 4) is 0 Å². The summed E-state index contributed by atoms with van der Waals surface area (Å²) < 4.78 is 0. The molecule has 1 atom stereocenters. The first kappa shape index (κ1) is 14.3. The zero-order valence-corrected chi connectivity index (χ0v) is 11.6. The Bertz CT molecular complexity index is 202. The monoisotopic (exact) mass is 247 g/mol. The number of nitrogens with one attached hydrogen (secondary N) is 1. The van der Waals surface area contributed by atoms with E-state index in [1.165, 1.54) is 0 Å². The molecule has 1 saturated carbocycles. The van der Waals surface area contributed by atoms with Crippen LogP contribution in [0.3, 0.4) is 0 Å². The number of rotatable bonds is 5. The zero-order valence-electron chi connectivity index (χ0n) is 10.8. The second kappa shape index (κ2) is 6.23. The predicted octanol–water partition coefficient (Wildman–Crippen LogP) is 2.78. The molecule has 0 aromatic heterocycles. The van der Waals surface area contributed by atoms with Crippen molar-refractivity contribution in [2.24, 2.45) is 11.8 Å². The summed E-state index contributed by atoms with van der Waals surface area (Å²) in [4.78, 5) is 0. The Morgan fingerprint density at radius 1 is 1.31 bits per heavy atom. The zero-order chi connectivity index (χ0) is 12.2. The molecule has 0 spiro atoms. The van der Waals surface area contributed by atoms with Crippen LogP contribution < -0.4 is 5.32 Å². The molecule has 0 bridgehead atoms. The molecular weight excluding hydrogens is 222 g/mol. The van der Waals surface area contributed by atoms with Crippen LogP contribution in [0.5, 0.6) is 0 Å². The van der Waals surface area contributed by atoms with Gasteiger partial charge in [0, 0.05) is 5.38 Å². The Kier molecular flexibility index (Phi) is 5.55. The van der Waals surface area contributed by atoms with Crippen LogP contribution in [0.4, 0.5) is 0 Å². The summed E-state index contributed by atoms with van der Waals surface area (Å²) in [5.41, 5.74) is -0.514. The molecule has 0 heterocycles. The largest absolute Gasteiger partial charge is 0.389 e. The van der Waals surface area contributed by atoms with Gasteiger partial charge in [0.15, 0.2) is 0 Å². The first-order valence-electron chi connectivity index (χ1n) is 6.51. The minimum Gasteiger partial charge on any atom is -0.389 e. The third kappa shape index (κ3) is 3.35. The van der Waals surface area contributed by atoms with E-state index in [1.807, 2.05) is 7.05 Å². The first-order chi connectivity index (χ1) is 7.50. The lowest BCUT2D eigenvalue weighted by atomic mass is 9.70. The third-order valence-corrected chi connectivity index (χ3v) is 4.58. The Morgan fingerprint density at radius 3 is 2.31 bits per heavy atom. The van der Waals surface area contributed by atoms with Crippen molar-refractivity contribution in [2.45, 2.75) is 56.9 Å². The van der Waals surface area contributed by atoms with E-state index in [2.05, 4.69) is 19.2 Å². The van der Waals surface area contributed by atoms with Gasteiger partial charge in [0.05, 0.1) is 5.60 Å². The maximum Gasteiger partial charge on any atom is 0.0710 e. The molecule has 0 aliphatic heterocycles. The number of hydrogen-bond acceptors (Lipinski definition) is 2. The topological polar surface area (TPSA) is 32.3 Å². The van der Waals surface area contributed by atoms with Crippen molar-refractivity contribution < 1.29 is 5.11 Å². The highest BCUT2D eigenvalue weighted by Gasteiger charge is 2.40. The van der Waals surface area contributed by atoms with E-state index in [4.69, 9.17) is 11.6 Å². The number of aliphatic hydroxyl groups is 1. The van der Waals surface area contributed by atoms with Gasteiger partial charge in [0.1, 0.15) is 0 Å². The normalized spacial score (nSPS) is 30.4. The van der Waals surface area contributed by atoms with Crippen molar-refractivity contribution >= 4 is 11.6 Å². The van der Waals surface area contributed by atoms with E-state index in [-0.39, 0.29) is 0 Å². The molecule has 2 nitrogen and oxygen atoms in total. The summed E-state index contributed by atoms with van der Waals surface area (Å²) in [5.74, 6) is 0.744. The van der Waals surface area contributed by atoms with Crippen LogP contribution >= 0.6 is 11.6 Å². The molecule has 1 aliphatic rings. The van der Waals surface area contributed by atoms with Crippen molar-refractivity contribution in [2.75, 3.05) is 13.6 Å². The van der Waals surface area contributed by atoms with E-state index in [0.717, 1.165) is 38.6 Å². The van der Waals surface area contributed by atoms with Crippen LogP contribution in [0.25, 0.3) is 0 Å². The van der Waals surface area contributed by atoms with Crippen LogP contribution in [0.15, 0.2) is 0 Å². The fraction of sp³-hybridized carbons (Fsp3) is 1.00. The van der Waals surface area contributed by atoms with Crippen molar-refractivity contribution in [3.63, 3.8) is 0 Å². The lowest BCUT2D eigenvalue weighted by Crippen LogP contribution is -2.46. The van der Waals surface area contributed by atoms with Gasteiger partial charge >= 0.3 is 0 Å². The molecule has 1 aliphatic carbocycles. The average Bonchev–Trinajstić information content (AvgIpc) is 2.26. The lowest BCUT2D eigenvalue weighted by molar-refractivity contribution is -0.0758. The second-order valence-corrected chi connectivity index (χ2v) is 6.07. The molecule has 1 unspecified atom stereocenters. The summed E-state index contributed by atoms with van der Waals surface area (Å²) in [6, 6.07) is 0. The Balaban J connectivity index is 2.61. The van der Waals surface area contributed by atoms with Gasteiger partial charge in [0.25, 0.3) is 0 Å². The maximum absolute atomic E-state index is 10.8. The fourth-order valence-corrected chi connectivity index (χ4v) is 3.09. The summed E-state index contributed by atoms with van der Waals surface area (Å²) in [6.45, 7) is 5.14. The number of alkyl halides is 1. The molecule has 1 rings (SSSR count). The second-order valence-electron chi connectivity index (χ2n) is 5.45. The lowest BCUT2D eigenvalue weighted by Gasteiger charge is -2.42. The molecule has 0 saturated heterocycles. The molecule has 3 heteroatoms. The summed E-state index contributed by atoms with van der Waals surface area (Å²) in [6.07, 6.45) is 5.11. The Morgan fingerprint density at radius 2 is 1.88 bits per heavy atom. The number of halogens is 1. The molecule has 1 fully saturated rings. The van der Waals surface area contributed by atoms with Gasteiger partial charge < -0.3 is 10.4 Å². The minimum absolute atomic E-state index is 0.317. The van der Waals surface area contributed by atoms with Crippen LogP contribution in [0.1, 0.15) is 46.0 Å². The van der Waals surface area contributed by atoms with Crippen molar-refractivity contribution in [1.82, 2.24) is 5.32 Å². The van der Waals surface area contributed by atoms with Gasteiger partial charge in [-0.15, -0.1) is 11.6 Å². The highest BCUT2D eigenvalue weighted by atomic mass is 35.5. The van der Waals surface area contributed by atoms with Gasteiger partial charge in [0.2, 0.25) is 0 Å². The van der Waals surface area contributed by atoms with Gasteiger partial charge in [-0.25, -0.2) is 0 Å². The predicted molar refractivity (Wildman–Crippen MR) is 69.9 cm³/mol. The molecular formula is C13H26ClNO. The highest BCUT2D eigenvalue weighted by Crippen LogP contribution is 2.40. The third-order valence-electron chi connectivity index (χ3n) is 4.14. The van der Waals surface area contributed by atoms with Crippen molar-refractivity contribution in [3.05, 3.63) is 0 Å². The molecule has 16 heavy (non-hydrogen) atoms. The summed E-state index contributed by atoms with van der Waals surface area (Å²) in [5, 5.41) is 14.3. The van der Waals surface area contributed by atoms with Gasteiger partial charge in [-0.05, 0) is 57.5 Å². The van der Waals surface area contributed by atoms with Crippen LogP contribution in [-0.2, 0) is 0 Å². The Labute approximate surface area is 105 Å². The summed E-state index contributed by atoms with van der Waals surface area (Å²) >= 11 is 6.12. The minimum atomic E-state index is -0.514. The smallest absolute Gasteiger partial charge is 0.0710 e. The van der Waals surface area contributed by atoms with Gasteiger partial charge in [-0.1, -0.05) is 13.8 Å². The molecule has 0 radical (unpaired) electrons. The van der Waals surface area contributed by atoms with Crippen LogP contribution in [-0.4, -0.2) is 29.7 Å². The SMILES string of the molecule is CNCCC(O)(C(C)C)[C@H]1CC[C@@H](Cl)CC1. The first-order valence-corrected chi connectivity index (χ1v) is 6.95. The Hall–Kier alpha value is 0.210. The molecule has 0 amide bonds. The van der Waals surface area contributed by atoms with E-state index in [1.54, 1.807) is 0 Å². The van der Waals surface area contributed by atoms with Gasteiger partial charge in [-0.3, -0.25) is 0 Å². The standard InChI is InChI=1S/C13H26ClNO/c1-10(2)13(16,8-9-15-3)11-4-6-12(14)7-5-11/h10-12,15-16H,4-9H2,1-3H3/t11-,12+,13?. The average molecular weight is 248 g/mol. The fourth-order valence-electron chi connectivity index (χ4n) is 2.84.